The molecule has 3 heteroatoms. The molecule has 0 bridgehead atoms. The Hall–Kier alpha value is -3.04. The second-order valence-corrected chi connectivity index (χ2v) is 17.1. The SMILES string of the molecule is CC(C)([c-]1cccc1)P(c1ccccc1)c1ccccc1.CC(C)([c-]1cccc1)P(c1ccccc1)c1ccccc1.[Fe+2]. The van der Waals surface area contributed by atoms with E-state index in [9.17, 15) is 0 Å². The van der Waals surface area contributed by atoms with Gasteiger partial charge < -0.3 is 0 Å². The molecule has 0 aliphatic heterocycles. The minimum Gasteiger partial charge on any atom is -0.213 e. The van der Waals surface area contributed by atoms with Crippen LogP contribution in [0.2, 0.25) is 0 Å². The number of benzene rings is 4. The van der Waals surface area contributed by atoms with Gasteiger partial charge in [-0.1, -0.05) is 149 Å². The van der Waals surface area contributed by atoms with Crippen molar-refractivity contribution in [3.8, 4) is 0 Å². The Morgan fingerprint density at radius 2 is 0.558 bits per heavy atom. The predicted molar refractivity (Wildman–Crippen MR) is 188 cm³/mol. The molecule has 0 aliphatic carbocycles. The van der Waals surface area contributed by atoms with Gasteiger partial charge in [-0.15, -0.1) is 11.1 Å². The molecule has 0 aliphatic rings. The molecule has 6 rings (SSSR count). The van der Waals surface area contributed by atoms with E-state index in [0.717, 1.165) is 0 Å². The fraction of sp³-hybridized carbons (Fsp3) is 0.150. The van der Waals surface area contributed by atoms with Crippen molar-refractivity contribution >= 4 is 37.1 Å². The van der Waals surface area contributed by atoms with Gasteiger partial charge in [-0.05, 0) is 47.4 Å². The van der Waals surface area contributed by atoms with Crippen LogP contribution in [0.5, 0.6) is 0 Å². The molecule has 0 fully saturated rings. The predicted octanol–water partition coefficient (Wildman–Crippen LogP) is 9.54. The van der Waals surface area contributed by atoms with Crippen molar-refractivity contribution in [1.82, 2.24) is 0 Å². The standard InChI is InChI=1S/2C20H20P.Fe/c2*1-20(2,17-11-9-10-12-17)21(18-13-5-3-6-14-18)19-15-7-4-8-16-19;/h2*3-16H,1-2H3;/q2*-1;+2. The second-order valence-electron chi connectivity index (χ2n) is 11.5. The van der Waals surface area contributed by atoms with Crippen LogP contribution in [-0.4, -0.2) is 0 Å². The summed E-state index contributed by atoms with van der Waals surface area (Å²) in [6, 6.07) is 61.3. The topological polar surface area (TPSA) is 0 Å². The van der Waals surface area contributed by atoms with Gasteiger partial charge >= 0.3 is 17.1 Å². The van der Waals surface area contributed by atoms with E-state index in [-0.39, 0.29) is 27.4 Å². The second kappa shape index (κ2) is 15.1. The Bertz CT molecular complexity index is 1390. The summed E-state index contributed by atoms with van der Waals surface area (Å²) in [5, 5.41) is 5.97. The average molecular weight is 639 g/mol. The third-order valence-corrected chi connectivity index (χ3v) is 13.9. The summed E-state index contributed by atoms with van der Waals surface area (Å²) >= 11 is 0. The van der Waals surface area contributed by atoms with Crippen LogP contribution in [0, 0.1) is 0 Å². The van der Waals surface area contributed by atoms with Gasteiger partial charge in [0.2, 0.25) is 0 Å². The molecule has 0 spiro atoms. The van der Waals surface area contributed by atoms with Crippen molar-refractivity contribution in [1.29, 1.82) is 0 Å². The van der Waals surface area contributed by atoms with Crippen molar-refractivity contribution in [2.45, 2.75) is 38.0 Å². The molecule has 0 heterocycles. The first-order chi connectivity index (χ1) is 20.4. The van der Waals surface area contributed by atoms with Crippen LogP contribution in [0.25, 0.3) is 0 Å². The molecule has 6 aromatic rings. The van der Waals surface area contributed by atoms with Crippen LogP contribution in [0.3, 0.4) is 0 Å². The molecule has 43 heavy (non-hydrogen) atoms. The monoisotopic (exact) mass is 638 g/mol. The van der Waals surface area contributed by atoms with E-state index in [4.69, 9.17) is 0 Å². The normalized spacial score (nSPS) is 11.5. The fourth-order valence-electron chi connectivity index (χ4n) is 5.72. The van der Waals surface area contributed by atoms with Gasteiger partial charge in [0.15, 0.2) is 0 Å². The fourth-order valence-corrected chi connectivity index (χ4v) is 11.6. The molecule has 218 valence electrons. The number of hydrogen-bond acceptors (Lipinski definition) is 0. The zero-order valence-electron chi connectivity index (χ0n) is 25.4. The zero-order valence-corrected chi connectivity index (χ0v) is 28.3. The summed E-state index contributed by atoms with van der Waals surface area (Å²) in [7, 11) is -0.889. The van der Waals surface area contributed by atoms with Crippen LogP contribution < -0.4 is 21.2 Å². The summed E-state index contributed by atoms with van der Waals surface area (Å²) < 4.78 is 0. The van der Waals surface area contributed by atoms with Gasteiger partial charge in [0, 0.05) is 0 Å². The minimum absolute atomic E-state index is 0. The Morgan fingerprint density at radius 1 is 0.349 bits per heavy atom. The summed E-state index contributed by atoms with van der Waals surface area (Å²) in [5.41, 5.74) is 2.84. The van der Waals surface area contributed by atoms with E-state index in [1.807, 2.05) is 0 Å². The maximum atomic E-state index is 2.37. The Balaban J connectivity index is 0.000000192. The van der Waals surface area contributed by atoms with Gasteiger partial charge in [0.05, 0.1) is 0 Å². The minimum atomic E-state index is -0.445. The molecule has 6 aromatic carbocycles. The van der Waals surface area contributed by atoms with Crippen LogP contribution in [0.15, 0.2) is 170 Å². The number of hydrogen-bond donors (Lipinski definition) is 0. The van der Waals surface area contributed by atoms with Crippen LogP contribution in [-0.2, 0) is 27.4 Å². The molecular formula is C40H40FeP2. The molecule has 0 saturated carbocycles. The first-order valence-electron chi connectivity index (χ1n) is 14.6. The van der Waals surface area contributed by atoms with E-state index >= 15 is 0 Å². The molecular weight excluding hydrogens is 598 g/mol. The largest absolute Gasteiger partial charge is 2.00 e. The first kappa shape index (κ1) is 32.9. The maximum Gasteiger partial charge on any atom is 2.00 e. The van der Waals surface area contributed by atoms with E-state index in [1.165, 1.54) is 32.3 Å². The van der Waals surface area contributed by atoms with Crippen molar-refractivity contribution in [3.05, 3.63) is 181 Å². The summed E-state index contributed by atoms with van der Waals surface area (Å²) in [6.45, 7) is 9.48. The molecule has 0 amide bonds. The van der Waals surface area contributed by atoms with Crippen molar-refractivity contribution in [3.63, 3.8) is 0 Å². The first-order valence-corrected chi connectivity index (χ1v) is 17.3. The third-order valence-electron chi connectivity index (χ3n) is 7.91. The quantitative estimate of drug-likeness (QED) is 0.0885. The number of rotatable bonds is 8. The van der Waals surface area contributed by atoms with E-state index in [1.54, 1.807) is 0 Å². The third kappa shape index (κ3) is 7.73. The summed E-state index contributed by atoms with van der Waals surface area (Å²) in [6.07, 6.45) is 0. The zero-order chi connectivity index (χ0) is 29.4. The van der Waals surface area contributed by atoms with Crippen molar-refractivity contribution in [2.75, 3.05) is 0 Å². The molecule has 0 N–H and O–H groups in total. The Labute approximate surface area is 271 Å². The van der Waals surface area contributed by atoms with Crippen molar-refractivity contribution in [2.24, 2.45) is 0 Å². The van der Waals surface area contributed by atoms with Gasteiger partial charge in [0.1, 0.15) is 0 Å². The summed E-state index contributed by atoms with van der Waals surface area (Å²) in [4.78, 5) is 0. The van der Waals surface area contributed by atoms with E-state index in [2.05, 4.69) is 198 Å². The van der Waals surface area contributed by atoms with Crippen LogP contribution in [0.4, 0.5) is 0 Å². The molecule has 0 aromatic heterocycles. The average Bonchev–Trinajstić information content (AvgIpc) is 3.76. The summed E-state index contributed by atoms with van der Waals surface area (Å²) in [5.74, 6) is 0. The molecule has 0 nitrogen and oxygen atoms in total. The smallest absolute Gasteiger partial charge is 0.213 e. The molecule has 0 radical (unpaired) electrons. The van der Waals surface area contributed by atoms with E-state index < -0.39 is 15.8 Å². The van der Waals surface area contributed by atoms with Crippen molar-refractivity contribution < 1.29 is 17.1 Å². The van der Waals surface area contributed by atoms with Gasteiger partial charge in [-0.25, -0.2) is 24.3 Å². The maximum absolute atomic E-state index is 2.37. The molecule has 0 saturated heterocycles. The molecule has 0 atom stereocenters. The Morgan fingerprint density at radius 3 is 0.767 bits per heavy atom. The van der Waals surface area contributed by atoms with Gasteiger partial charge in [-0.3, -0.25) is 0 Å². The Kier molecular flexibility index (Phi) is 11.5. The van der Waals surface area contributed by atoms with Gasteiger partial charge in [-0.2, -0.15) is 24.3 Å². The van der Waals surface area contributed by atoms with Gasteiger partial charge in [0.25, 0.3) is 0 Å². The van der Waals surface area contributed by atoms with Crippen LogP contribution in [0.1, 0.15) is 38.8 Å². The molecule has 0 unspecified atom stereocenters. The van der Waals surface area contributed by atoms with E-state index in [0.29, 0.717) is 0 Å². The van der Waals surface area contributed by atoms with Crippen LogP contribution >= 0.6 is 15.8 Å².